The van der Waals surface area contributed by atoms with Crippen LogP contribution in [0, 0.1) is 0 Å². The van der Waals surface area contributed by atoms with Crippen LogP contribution in [0.15, 0.2) is 35.6 Å². The maximum atomic E-state index is 3.83. The Balaban J connectivity index is 4.47. The summed E-state index contributed by atoms with van der Waals surface area (Å²) in [6, 6.07) is 0.472. The zero-order chi connectivity index (χ0) is 10.4. The first-order chi connectivity index (χ1) is 5.93. The van der Waals surface area contributed by atoms with E-state index in [9.17, 15) is 0 Å². The number of nitrogens with one attached hydrogen (secondary N) is 1. The summed E-state index contributed by atoms with van der Waals surface area (Å²) in [4.78, 5) is 0. The predicted octanol–water partition coefficient (Wildman–Crippen LogP) is 3.41. The third-order valence-electron chi connectivity index (χ3n) is 1.52. The van der Waals surface area contributed by atoms with Crippen LogP contribution in [-0.2, 0) is 0 Å². The fourth-order valence-corrected chi connectivity index (χ4v) is 0.896. The van der Waals surface area contributed by atoms with Gasteiger partial charge in [0, 0.05) is 11.7 Å². The van der Waals surface area contributed by atoms with Gasteiger partial charge < -0.3 is 5.32 Å². The second kappa shape index (κ2) is 5.63. The van der Waals surface area contributed by atoms with Gasteiger partial charge >= 0.3 is 0 Å². The molecule has 0 radical (unpaired) electrons. The Morgan fingerprint density at radius 2 is 1.69 bits per heavy atom. The molecule has 0 aliphatic carbocycles. The van der Waals surface area contributed by atoms with Gasteiger partial charge in [-0.05, 0) is 40.7 Å². The van der Waals surface area contributed by atoms with Crippen molar-refractivity contribution in [3.05, 3.63) is 35.6 Å². The molecule has 0 aromatic heterocycles. The first-order valence-electron chi connectivity index (χ1n) is 4.71. The number of rotatable bonds is 4. The molecule has 0 bridgehead atoms. The van der Waals surface area contributed by atoms with Crippen LogP contribution >= 0.6 is 0 Å². The Morgan fingerprint density at radius 1 is 1.15 bits per heavy atom. The Morgan fingerprint density at radius 3 is 2.00 bits per heavy atom. The third-order valence-corrected chi connectivity index (χ3v) is 1.52. The second-order valence-corrected chi connectivity index (χ2v) is 3.89. The van der Waals surface area contributed by atoms with Crippen molar-refractivity contribution in [2.24, 2.45) is 0 Å². The molecule has 1 N–H and O–H groups in total. The van der Waals surface area contributed by atoms with E-state index in [1.165, 1.54) is 11.3 Å². The van der Waals surface area contributed by atoms with Gasteiger partial charge in [-0.2, -0.15) is 0 Å². The summed E-state index contributed by atoms with van der Waals surface area (Å²) in [5.41, 5.74) is 3.56. The summed E-state index contributed by atoms with van der Waals surface area (Å²) in [7, 11) is 0. The molecule has 0 heterocycles. The SMILES string of the molecule is C=C(C)/C=C\C(NC(C)C)=C(C)C. The van der Waals surface area contributed by atoms with Crippen LogP contribution in [0.2, 0.25) is 0 Å². The fraction of sp³-hybridized carbons (Fsp3) is 0.500. The quantitative estimate of drug-likeness (QED) is 0.652. The van der Waals surface area contributed by atoms with Gasteiger partial charge in [-0.25, -0.2) is 0 Å². The molecule has 0 unspecified atom stereocenters. The fourth-order valence-electron chi connectivity index (χ4n) is 0.896. The van der Waals surface area contributed by atoms with Crippen LogP contribution in [0.3, 0.4) is 0 Å². The molecular weight excluding hydrogens is 158 g/mol. The topological polar surface area (TPSA) is 12.0 Å². The van der Waals surface area contributed by atoms with E-state index in [1.54, 1.807) is 0 Å². The van der Waals surface area contributed by atoms with Gasteiger partial charge in [0.2, 0.25) is 0 Å². The van der Waals surface area contributed by atoms with Crippen LogP contribution in [0.25, 0.3) is 0 Å². The molecule has 1 nitrogen and oxygen atoms in total. The van der Waals surface area contributed by atoms with Crippen molar-refractivity contribution in [2.75, 3.05) is 0 Å². The number of hydrogen-bond acceptors (Lipinski definition) is 1. The summed E-state index contributed by atoms with van der Waals surface area (Å²) in [6.07, 6.45) is 4.11. The van der Waals surface area contributed by atoms with Gasteiger partial charge in [-0.15, -0.1) is 0 Å². The normalized spacial score (nSPS) is 10.6. The summed E-state index contributed by atoms with van der Waals surface area (Å²) in [5, 5.41) is 3.39. The lowest BCUT2D eigenvalue weighted by Crippen LogP contribution is -2.21. The first kappa shape index (κ1) is 12.0. The van der Waals surface area contributed by atoms with E-state index in [0.29, 0.717) is 6.04 Å². The number of hydrogen-bond donors (Lipinski definition) is 1. The van der Waals surface area contributed by atoms with Crippen molar-refractivity contribution in [2.45, 2.75) is 40.7 Å². The Labute approximate surface area is 82.2 Å². The smallest absolute Gasteiger partial charge is 0.0328 e. The minimum atomic E-state index is 0.472. The Kier molecular flexibility index (Phi) is 5.20. The molecule has 0 amide bonds. The number of allylic oxidation sites excluding steroid dienone is 4. The molecular formula is C12H21N. The molecule has 0 saturated heterocycles. The van der Waals surface area contributed by atoms with Crippen molar-refractivity contribution in [1.29, 1.82) is 0 Å². The molecule has 0 aliphatic heterocycles. The van der Waals surface area contributed by atoms with Gasteiger partial charge in [-0.3, -0.25) is 0 Å². The lowest BCUT2D eigenvalue weighted by atomic mass is 10.2. The lowest BCUT2D eigenvalue weighted by Gasteiger charge is -2.12. The highest BCUT2D eigenvalue weighted by Crippen LogP contribution is 2.04. The average Bonchev–Trinajstić information content (AvgIpc) is 1.96. The summed E-state index contributed by atoms with van der Waals surface area (Å²) >= 11 is 0. The van der Waals surface area contributed by atoms with Crippen molar-refractivity contribution in [3.8, 4) is 0 Å². The van der Waals surface area contributed by atoms with Gasteiger partial charge in [-0.1, -0.05) is 23.8 Å². The van der Waals surface area contributed by atoms with Gasteiger partial charge in [0.25, 0.3) is 0 Å². The zero-order valence-corrected chi connectivity index (χ0v) is 9.44. The van der Waals surface area contributed by atoms with Crippen LogP contribution < -0.4 is 5.32 Å². The van der Waals surface area contributed by atoms with Crippen LogP contribution in [-0.4, -0.2) is 6.04 Å². The highest BCUT2D eigenvalue weighted by atomic mass is 14.9. The monoisotopic (exact) mass is 179 g/mol. The van der Waals surface area contributed by atoms with Crippen molar-refractivity contribution in [1.82, 2.24) is 5.32 Å². The minimum absolute atomic E-state index is 0.472. The maximum absolute atomic E-state index is 3.83. The van der Waals surface area contributed by atoms with Crippen molar-refractivity contribution < 1.29 is 0 Å². The lowest BCUT2D eigenvalue weighted by molar-refractivity contribution is 0.675. The van der Waals surface area contributed by atoms with E-state index in [2.05, 4.69) is 45.7 Å². The van der Waals surface area contributed by atoms with Crippen molar-refractivity contribution in [3.63, 3.8) is 0 Å². The standard InChI is InChI=1S/C12H21N/c1-9(2)7-8-12(10(3)4)13-11(5)6/h7-8,11,13H,1H2,2-6H3/b8-7-. The Bertz CT molecular complexity index is 228. The summed E-state index contributed by atoms with van der Waals surface area (Å²) in [6.45, 7) is 14.3. The third kappa shape index (κ3) is 6.21. The highest BCUT2D eigenvalue weighted by Gasteiger charge is 1.96. The summed E-state index contributed by atoms with van der Waals surface area (Å²) in [5.74, 6) is 0. The van der Waals surface area contributed by atoms with E-state index >= 15 is 0 Å². The van der Waals surface area contributed by atoms with E-state index in [-0.39, 0.29) is 0 Å². The molecule has 13 heavy (non-hydrogen) atoms. The average molecular weight is 179 g/mol. The van der Waals surface area contributed by atoms with Gasteiger partial charge in [0.1, 0.15) is 0 Å². The van der Waals surface area contributed by atoms with Gasteiger partial charge in [0.15, 0.2) is 0 Å². The molecule has 0 aromatic carbocycles. The van der Waals surface area contributed by atoms with Crippen LogP contribution in [0.4, 0.5) is 0 Å². The van der Waals surface area contributed by atoms with Crippen LogP contribution in [0.5, 0.6) is 0 Å². The summed E-state index contributed by atoms with van der Waals surface area (Å²) < 4.78 is 0. The zero-order valence-electron chi connectivity index (χ0n) is 9.44. The largest absolute Gasteiger partial charge is 0.383 e. The second-order valence-electron chi connectivity index (χ2n) is 3.89. The molecule has 0 rings (SSSR count). The minimum Gasteiger partial charge on any atom is -0.383 e. The first-order valence-corrected chi connectivity index (χ1v) is 4.71. The van der Waals surface area contributed by atoms with E-state index in [4.69, 9.17) is 0 Å². The van der Waals surface area contributed by atoms with Crippen LogP contribution in [0.1, 0.15) is 34.6 Å². The molecule has 0 atom stereocenters. The Hall–Kier alpha value is -0.980. The predicted molar refractivity (Wildman–Crippen MR) is 60.6 cm³/mol. The molecule has 1 heteroatoms. The molecule has 0 fully saturated rings. The van der Waals surface area contributed by atoms with E-state index < -0.39 is 0 Å². The molecule has 74 valence electrons. The van der Waals surface area contributed by atoms with E-state index in [1.807, 2.05) is 13.0 Å². The van der Waals surface area contributed by atoms with Crippen molar-refractivity contribution >= 4 is 0 Å². The van der Waals surface area contributed by atoms with E-state index in [0.717, 1.165) is 5.57 Å². The highest BCUT2D eigenvalue weighted by molar-refractivity contribution is 5.27. The molecule has 0 aliphatic rings. The molecule has 0 saturated carbocycles. The molecule has 0 spiro atoms. The van der Waals surface area contributed by atoms with Gasteiger partial charge in [0.05, 0.1) is 0 Å². The maximum Gasteiger partial charge on any atom is 0.0328 e. The molecule has 0 aromatic rings.